The molecule has 1 atom stereocenters. The number of carboxylic acid groups (broad SMARTS) is 1. The Bertz CT molecular complexity index is 1360. The third-order valence-electron chi connectivity index (χ3n) is 5.70. The number of rotatable bonds is 6. The minimum Gasteiger partial charge on any atom is -0.465 e. The zero-order valence-electron chi connectivity index (χ0n) is 19.8. The summed E-state index contributed by atoms with van der Waals surface area (Å²) >= 11 is 0. The summed E-state index contributed by atoms with van der Waals surface area (Å²) in [5.74, 6) is -0.485. The molecule has 1 heterocycles. The number of carbonyl (C=O) groups excluding carboxylic acids is 1. The van der Waals surface area contributed by atoms with E-state index in [4.69, 9.17) is 4.98 Å². The van der Waals surface area contributed by atoms with Crippen LogP contribution in [0.25, 0.3) is 21.8 Å². The molecule has 8 nitrogen and oxygen atoms in total. The number of amides is 2. The molecular formula is C27H28N4O4. The normalized spacial score (nSPS) is 12.3. The molecule has 180 valence electrons. The van der Waals surface area contributed by atoms with E-state index in [0.717, 1.165) is 27.5 Å². The van der Waals surface area contributed by atoms with Crippen molar-refractivity contribution in [3.05, 3.63) is 72.3 Å². The fourth-order valence-electron chi connectivity index (χ4n) is 4.06. The van der Waals surface area contributed by atoms with Gasteiger partial charge in [0.25, 0.3) is 0 Å². The maximum absolute atomic E-state index is 13.0. The maximum Gasteiger partial charge on any atom is 0.405 e. The number of benzene rings is 3. The van der Waals surface area contributed by atoms with Gasteiger partial charge in [-0.05, 0) is 41.3 Å². The molecule has 0 radical (unpaired) electrons. The lowest BCUT2D eigenvalue weighted by Crippen LogP contribution is -2.51. The highest BCUT2D eigenvalue weighted by molar-refractivity contribution is 6.08. The van der Waals surface area contributed by atoms with Crippen LogP contribution in [0.3, 0.4) is 0 Å². The van der Waals surface area contributed by atoms with Gasteiger partial charge in [0.2, 0.25) is 5.91 Å². The fraction of sp³-hybridized carbons (Fsp3) is 0.222. The summed E-state index contributed by atoms with van der Waals surface area (Å²) < 4.78 is 0. The number of anilines is 3. The lowest BCUT2D eigenvalue weighted by atomic mass is 9.86. The Morgan fingerprint density at radius 1 is 0.914 bits per heavy atom. The highest BCUT2D eigenvalue weighted by Crippen LogP contribution is 2.34. The molecule has 4 rings (SSSR count). The highest BCUT2D eigenvalue weighted by Gasteiger charge is 2.33. The number of aliphatic hydroxyl groups is 1. The van der Waals surface area contributed by atoms with Crippen molar-refractivity contribution in [1.29, 1.82) is 0 Å². The number of nitrogens with one attached hydrogen (secondary N) is 3. The number of aromatic nitrogens is 1. The molecular weight excluding hydrogens is 444 g/mol. The van der Waals surface area contributed by atoms with Crippen LogP contribution in [-0.4, -0.2) is 33.2 Å². The first kappa shape index (κ1) is 24.0. The molecule has 0 saturated heterocycles. The summed E-state index contributed by atoms with van der Waals surface area (Å²) in [7, 11) is 0. The number of carbonyl (C=O) groups is 2. The average molecular weight is 473 g/mol. The van der Waals surface area contributed by atoms with Gasteiger partial charge in [0, 0.05) is 22.1 Å². The predicted octanol–water partition coefficient (Wildman–Crippen LogP) is 5.24. The zero-order chi connectivity index (χ0) is 25.2. The summed E-state index contributed by atoms with van der Waals surface area (Å²) in [6, 6.07) is 19.9. The van der Waals surface area contributed by atoms with Crippen LogP contribution in [0.15, 0.2) is 66.7 Å². The Hall–Kier alpha value is -4.17. The van der Waals surface area contributed by atoms with Gasteiger partial charge in [0.15, 0.2) is 0 Å². The zero-order valence-corrected chi connectivity index (χ0v) is 19.8. The van der Waals surface area contributed by atoms with Gasteiger partial charge >= 0.3 is 6.09 Å². The van der Waals surface area contributed by atoms with Crippen LogP contribution in [0, 0.1) is 5.41 Å². The second-order valence-corrected chi connectivity index (χ2v) is 9.46. The molecule has 3 aromatic carbocycles. The predicted molar refractivity (Wildman–Crippen MR) is 138 cm³/mol. The minimum atomic E-state index is -1.28. The molecule has 35 heavy (non-hydrogen) atoms. The summed E-state index contributed by atoms with van der Waals surface area (Å²) in [6.07, 6.45) is -1.28. The molecule has 0 bridgehead atoms. The second-order valence-electron chi connectivity index (χ2n) is 9.46. The van der Waals surface area contributed by atoms with Gasteiger partial charge in [-0.25, -0.2) is 9.78 Å². The minimum absolute atomic E-state index is 0.230. The number of hydrogen-bond acceptors (Lipinski definition) is 5. The second kappa shape index (κ2) is 9.60. The van der Waals surface area contributed by atoms with Gasteiger partial charge in [0.1, 0.15) is 6.04 Å². The van der Waals surface area contributed by atoms with E-state index in [2.05, 4.69) is 16.0 Å². The first-order chi connectivity index (χ1) is 16.7. The molecule has 0 aliphatic heterocycles. The molecule has 0 fully saturated rings. The SMILES string of the molecule is CC(C)(C)C(NC(=O)O)C(=O)Nc1cc(CO)cc(Nc2c3ccccc3nc3ccccc23)c1. The molecule has 0 aliphatic rings. The largest absolute Gasteiger partial charge is 0.465 e. The van der Waals surface area contributed by atoms with Crippen LogP contribution in [0.5, 0.6) is 0 Å². The molecule has 0 spiro atoms. The van der Waals surface area contributed by atoms with Crippen molar-refractivity contribution in [1.82, 2.24) is 10.3 Å². The number of nitrogens with zero attached hydrogens (tertiary/aromatic N) is 1. The van der Waals surface area contributed by atoms with Gasteiger partial charge in [-0.1, -0.05) is 57.2 Å². The summed E-state index contributed by atoms with van der Waals surface area (Å²) in [5, 5.41) is 29.5. The molecule has 5 N–H and O–H groups in total. The lowest BCUT2D eigenvalue weighted by molar-refractivity contribution is -0.120. The van der Waals surface area contributed by atoms with Gasteiger partial charge in [-0.3, -0.25) is 4.79 Å². The van der Waals surface area contributed by atoms with E-state index < -0.39 is 23.5 Å². The van der Waals surface area contributed by atoms with Crippen molar-refractivity contribution < 1.29 is 19.8 Å². The molecule has 0 saturated carbocycles. The number of aliphatic hydroxyl groups excluding tert-OH is 1. The van der Waals surface area contributed by atoms with Crippen molar-refractivity contribution in [3.8, 4) is 0 Å². The standard InChI is InChI=1S/C27H28N4O4/c1-27(2,3)24(31-26(34)35)25(33)29-18-13-16(15-32)12-17(14-18)28-23-19-8-4-6-10-21(19)30-22-11-7-5-9-20(22)23/h4-14,24,31-32H,15H2,1-3H3,(H,28,30)(H,29,33)(H,34,35). The van der Waals surface area contributed by atoms with E-state index in [1.165, 1.54) is 0 Å². The Morgan fingerprint density at radius 2 is 1.49 bits per heavy atom. The van der Waals surface area contributed by atoms with Gasteiger partial charge < -0.3 is 26.2 Å². The van der Waals surface area contributed by atoms with Crippen molar-refractivity contribution in [2.24, 2.45) is 5.41 Å². The molecule has 1 aromatic heterocycles. The van der Waals surface area contributed by atoms with Crippen LogP contribution in [-0.2, 0) is 11.4 Å². The molecule has 0 aliphatic carbocycles. The maximum atomic E-state index is 13.0. The van der Waals surface area contributed by atoms with E-state index in [0.29, 0.717) is 16.9 Å². The fourth-order valence-corrected chi connectivity index (χ4v) is 4.06. The Balaban J connectivity index is 1.73. The summed E-state index contributed by atoms with van der Waals surface area (Å²) in [6.45, 7) is 5.12. The van der Waals surface area contributed by atoms with E-state index in [-0.39, 0.29) is 6.61 Å². The van der Waals surface area contributed by atoms with Crippen LogP contribution in [0.1, 0.15) is 26.3 Å². The first-order valence-electron chi connectivity index (χ1n) is 11.3. The van der Waals surface area contributed by atoms with Crippen LogP contribution >= 0.6 is 0 Å². The average Bonchev–Trinajstić information content (AvgIpc) is 2.81. The quantitative estimate of drug-likeness (QED) is 0.244. The topological polar surface area (TPSA) is 124 Å². The first-order valence-corrected chi connectivity index (χ1v) is 11.3. The monoisotopic (exact) mass is 472 g/mol. The third-order valence-corrected chi connectivity index (χ3v) is 5.70. The lowest BCUT2D eigenvalue weighted by Gasteiger charge is -2.29. The number of hydrogen-bond donors (Lipinski definition) is 5. The molecule has 2 amide bonds. The Morgan fingerprint density at radius 3 is 2.03 bits per heavy atom. The number of para-hydroxylation sites is 2. The van der Waals surface area contributed by atoms with E-state index in [1.807, 2.05) is 48.5 Å². The number of fused-ring (bicyclic) bond motifs is 2. The smallest absolute Gasteiger partial charge is 0.405 e. The Labute approximate surface area is 203 Å². The van der Waals surface area contributed by atoms with Gasteiger partial charge in [0.05, 0.1) is 23.3 Å². The van der Waals surface area contributed by atoms with E-state index >= 15 is 0 Å². The third kappa shape index (κ3) is 5.33. The molecule has 8 heteroatoms. The van der Waals surface area contributed by atoms with Crippen molar-refractivity contribution in [2.45, 2.75) is 33.4 Å². The van der Waals surface area contributed by atoms with E-state index in [1.54, 1.807) is 39.0 Å². The van der Waals surface area contributed by atoms with Crippen LogP contribution in [0.2, 0.25) is 0 Å². The van der Waals surface area contributed by atoms with Crippen LogP contribution < -0.4 is 16.0 Å². The van der Waals surface area contributed by atoms with Crippen molar-refractivity contribution in [2.75, 3.05) is 10.6 Å². The summed E-state index contributed by atoms with van der Waals surface area (Å²) in [4.78, 5) is 29.0. The Kier molecular flexibility index (Phi) is 6.57. The van der Waals surface area contributed by atoms with Gasteiger partial charge in [-0.15, -0.1) is 0 Å². The summed E-state index contributed by atoms with van der Waals surface area (Å²) in [5.41, 5.74) is 3.58. The van der Waals surface area contributed by atoms with Crippen molar-refractivity contribution in [3.63, 3.8) is 0 Å². The van der Waals surface area contributed by atoms with Crippen LogP contribution in [0.4, 0.5) is 21.9 Å². The molecule has 1 unspecified atom stereocenters. The number of pyridine rings is 1. The highest BCUT2D eigenvalue weighted by atomic mass is 16.4. The molecule has 4 aromatic rings. The van der Waals surface area contributed by atoms with Crippen molar-refractivity contribution >= 4 is 50.9 Å². The van der Waals surface area contributed by atoms with Gasteiger partial charge in [-0.2, -0.15) is 0 Å². The van der Waals surface area contributed by atoms with E-state index in [9.17, 15) is 19.8 Å².